The topological polar surface area (TPSA) is 107 Å². The molecule has 12 heteroatoms. The van der Waals surface area contributed by atoms with E-state index in [0.717, 1.165) is 76.3 Å². The van der Waals surface area contributed by atoms with Gasteiger partial charge < -0.3 is 29.3 Å². The molecule has 1 aliphatic heterocycles. The number of benzene rings is 3. The van der Waals surface area contributed by atoms with Crippen LogP contribution >= 0.6 is 22.9 Å². The normalized spacial score (nSPS) is 13.5. The van der Waals surface area contributed by atoms with Crippen LogP contribution in [0.25, 0.3) is 31.9 Å². The molecule has 5 heterocycles. The number of rotatable bonds is 12. The number of pyridine rings is 2. The third-order valence-electron chi connectivity index (χ3n) is 8.27. The minimum atomic E-state index is 0.387. The van der Waals surface area contributed by atoms with Crippen LogP contribution in [-0.4, -0.2) is 59.3 Å². The number of thiophene rings is 1. The molecule has 7 aromatic rings. The van der Waals surface area contributed by atoms with E-state index in [9.17, 15) is 0 Å². The molecule has 1 fully saturated rings. The van der Waals surface area contributed by atoms with E-state index >= 15 is 0 Å². The predicted molar refractivity (Wildman–Crippen MR) is 198 cm³/mol. The molecule has 0 radical (unpaired) electrons. The third kappa shape index (κ3) is 7.66. The first-order valence-electron chi connectivity index (χ1n) is 16.3. The highest BCUT2D eigenvalue weighted by atomic mass is 35.5. The van der Waals surface area contributed by atoms with Crippen molar-refractivity contribution in [2.24, 2.45) is 0 Å². The van der Waals surface area contributed by atoms with Gasteiger partial charge in [0.15, 0.2) is 5.58 Å². The molecule has 10 nitrogen and oxygen atoms in total. The number of nitrogens with one attached hydrogen (secondary N) is 2. The Morgan fingerprint density at radius 3 is 2.48 bits per heavy atom. The van der Waals surface area contributed by atoms with Gasteiger partial charge in [-0.05, 0) is 78.4 Å². The quantitative estimate of drug-likeness (QED) is 0.128. The molecule has 0 bridgehead atoms. The number of ether oxygens (including phenoxy) is 3. The molecular weight excluding hydrogens is 672 g/mol. The summed E-state index contributed by atoms with van der Waals surface area (Å²) in [6.07, 6.45) is 3.66. The first-order valence-corrected chi connectivity index (χ1v) is 17.5. The summed E-state index contributed by atoms with van der Waals surface area (Å²) in [5.74, 6) is 2.23. The molecule has 1 saturated heterocycles. The van der Waals surface area contributed by atoms with E-state index in [1.54, 1.807) is 29.7 Å². The van der Waals surface area contributed by atoms with Crippen LogP contribution in [0.2, 0.25) is 5.02 Å². The average molecular weight is 705 g/mol. The lowest BCUT2D eigenvalue weighted by Gasteiger charge is -2.26. The van der Waals surface area contributed by atoms with Gasteiger partial charge in [-0.3, -0.25) is 14.9 Å². The summed E-state index contributed by atoms with van der Waals surface area (Å²) in [5.41, 5.74) is 5.99. The van der Waals surface area contributed by atoms with Crippen molar-refractivity contribution in [3.63, 3.8) is 0 Å². The summed E-state index contributed by atoms with van der Waals surface area (Å²) in [7, 11) is 0. The molecule has 8 rings (SSSR count). The highest BCUT2D eigenvalue weighted by Gasteiger charge is 2.14. The predicted octanol–water partition coefficient (Wildman–Crippen LogP) is 9.01. The summed E-state index contributed by atoms with van der Waals surface area (Å²) >= 11 is 7.60. The average Bonchev–Trinajstić information content (AvgIpc) is 3.77. The Labute approximate surface area is 297 Å². The van der Waals surface area contributed by atoms with E-state index < -0.39 is 0 Å². The highest BCUT2D eigenvalue weighted by molar-refractivity contribution is 7.22. The lowest BCUT2D eigenvalue weighted by molar-refractivity contribution is 0.0322. The van der Waals surface area contributed by atoms with Crippen molar-refractivity contribution < 1.29 is 18.6 Å². The summed E-state index contributed by atoms with van der Waals surface area (Å²) in [6, 6.07) is 29.4. The molecule has 2 N–H and O–H groups in total. The summed E-state index contributed by atoms with van der Waals surface area (Å²) in [4.78, 5) is 17.3. The fraction of sp³-hybridized carbons (Fsp3) is 0.184. The third-order valence-corrected chi connectivity index (χ3v) is 9.68. The Balaban J connectivity index is 0.883. The van der Waals surface area contributed by atoms with Crippen molar-refractivity contribution in [1.82, 2.24) is 19.9 Å². The van der Waals surface area contributed by atoms with Crippen molar-refractivity contribution >= 4 is 61.6 Å². The number of hydrogen-bond acceptors (Lipinski definition) is 11. The van der Waals surface area contributed by atoms with Gasteiger partial charge in [0.2, 0.25) is 0 Å². The SMILES string of the molecule is Clc1ccc(Nc2nc3cc(Oc4ccnc5cc(-c6ccc(CNc7ccc(OCCN8CCOCC8)cc7)cn6)sc45)ccc3o2)cc1. The molecule has 0 unspecified atom stereocenters. The lowest BCUT2D eigenvalue weighted by Crippen LogP contribution is -2.38. The van der Waals surface area contributed by atoms with Crippen molar-refractivity contribution in [2.45, 2.75) is 6.54 Å². The number of nitrogens with zero attached hydrogens (tertiary/aromatic N) is 4. The number of morpholine rings is 1. The molecule has 50 heavy (non-hydrogen) atoms. The molecule has 3 aromatic carbocycles. The second kappa shape index (κ2) is 14.7. The molecule has 0 saturated carbocycles. The van der Waals surface area contributed by atoms with Gasteiger partial charge >= 0.3 is 0 Å². The maximum Gasteiger partial charge on any atom is 0.300 e. The van der Waals surface area contributed by atoms with Crippen LogP contribution in [0.4, 0.5) is 17.4 Å². The Hall–Kier alpha value is -5.20. The minimum absolute atomic E-state index is 0.387. The maximum absolute atomic E-state index is 6.35. The van der Waals surface area contributed by atoms with Crippen molar-refractivity contribution in [3.8, 4) is 27.8 Å². The Kier molecular flexibility index (Phi) is 9.44. The van der Waals surface area contributed by atoms with Gasteiger partial charge in [0.25, 0.3) is 6.01 Å². The van der Waals surface area contributed by atoms with Crippen LogP contribution in [0.1, 0.15) is 5.56 Å². The van der Waals surface area contributed by atoms with E-state index in [4.69, 9.17) is 35.2 Å². The van der Waals surface area contributed by atoms with E-state index in [0.29, 0.717) is 46.8 Å². The van der Waals surface area contributed by atoms with E-state index in [-0.39, 0.29) is 0 Å². The van der Waals surface area contributed by atoms with E-state index in [1.165, 1.54) is 0 Å². The Morgan fingerprint density at radius 1 is 0.840 bits per heavy atom. The Bertz CT molecular complexity index is 2200. The molecule has 0 aliphatic carbocycles. The number of hydrogen-bond donors (Lipinski definition) is 2. The van der Waals surface area contributed by atoms with Crippen LogP contribution in [0.15, 0.2) is 108 Å². The molecular formula is C38H33ClN6O4S. The van der Waals surface area contributed by atoms with Gasteiger partial charge in [0, 0.05) is 67.1 Å². The molecule has 4 aromatic heterocycles. The van der Waals surface area contributed by atoms with Crippen LogP contribution in [0, 0.1) is 0 Å². The van der Waals surface area contributed by atoms with Gasteiger partial charge in [0.1, 0.15) is 29.4 Å². The number of oxazole rings is 1. The van der Waals surface area contributed by atoms with Crippen molar-refractivity contribution in [2.75, 3.05) is 50.1 Å². The highest BCUT2D eigenvalue weighted by Crippen LogP contribution is 2.39. The maximum atomic E-state index is 6.35. The molecule has 1 aliphatic rings. The zero-order chi connectivity index (χ0) is 33.7. The Morgan fingerprint density at radius 2 is 1.66 bits per heavy atom. The second-order valence-corrected chi connectivity index (χ2v) is 13.2. The molecule has 252 valence electrons. The van der Waals surface area contributed by atoms with Gasteiger partial charge in [-0.25, -0.2) is 0 Å². The fourth-order valence-electron chi connectivity index (χ4n) is 5.59. The number of anilines is 3. The second-order valence-electron chi connectivity index (χ2n) is 11.7. The lowest BCUT2D eigenvalue weighted by atomic mass is 10.2. The van der Waals surface area contributed by atoms with Crippen LogP contribution in [0.3, 0.4) is 0 Å². The standard InChI is InChI=1S/C38H33ClN6O4S/c39-26-2-4-28(5-3-26)43-38-44-32-21-30(10-12-34(32)49-38)48-35-13-14-40-33-22-36(50-37(33)35)31-11-1-25(24-42-31)23-41-27-6-8-29(9-7-27)47-20-17-45-15-18-46-19-16-45/h1-14,21-22,24,41H,15-20,23H2,(H,43,44). The van der Waals surface area contributed by atoms with Crippen molar-refractivity contribution in [3.05, 3.63) is 114 Å². The van der Waals surface area contributed by atoms with Crippen molar-refractivity contribution in [1.29, 1.82) is 0 Å². The van der Waals surface area contributed by atoms with Gasteiger partial charge in [-0.1, -0.05) is 17.7 Å². The number of halogens is 1. The smallest absolute Gasteiger partial charge is 0.300 e. The summed E-state index contributed by atoms with van der Waals surface area (Å²) < 4.78 is 24.5. The summed E-state index contributed by atoms with van der Waals surface area (Å²) in [5, 5.41) is 7.30. The zero-order valence-electron chi connectivity index (χ0n) is 27.0. The van der Waals surface area contributed by atoms with Crippen LogP contribution in [0.5, 0.6) is 17.2 Å². The molecule has 0 spiro atoms. The number of fused-ring (bicyclic) bond motifs is 2. The van der Waals surface area contributed by atoms with Gasteiger partial charge in [-0.15, -0.1) is 11.3 Å². The number of aromatic nitrogens is 3. The summed E-state index contributed by atoms with van der Waals surface area (Å²) in [6.45, 7) is 5.77. The van der Waals surface area contributed by atoms with Gasteiger partial charge in [0.05, 0.1) is 34.0 Å². The molecule has 0 atom stereocenters. The van der Waals surface area contributed by atoms with Crippen LogP contribution in [-0.2, 0) is 11.3 Å². The molecule has 0 amide bonds. The first kappa shape index (κ1) is 32.0. The van der Waals surface area contributed by atoms with E-state index in [1.807, 2.05) is 79.0 Å². The first-order chi connectivity index (χ1) is 24.6. The minimum Gasteiger partial charge on any atom is -0.492 e. The van der Waals surface area contributed by atoms with Gasteiger partial charge in [-0.2, -0.15) is 4.98 Å². The largest absolute Gasteiger partial charge is 0.492 e. The monoisotopic (exact) mass is 704 g/mol. The fourth-order valence-corrected chi connectivity index (χ4v) is 6.76. The zero-order valence-corrected chi connectivity index (χ0v) is 28.5. The van der Waals surface area contributed by atoms with Crippen LogP contribution < -0.4 is 20.1 Å². The van der Waals surface area contributed by atoms with E-state index in [2.05, 4.69) is 31.6 Å².